The van der Waals surface area contributed by atoms with Crippen LogP contribution in [-0.4, -0.2) is 10.7 Å². The van der Waals surface area contributed by atoms with Crippen molar-refractivity contribution in [1.29, 1.82) is 0 Å². The molecule has 2 aromatic rings. The molecule has 0 aliphatic carbocycles. The van der Waals surface area contributed by atoms with Crippen LogP contribution in [0.3, 0.4) is 0 Å². The second-order valence-corrected chi connectivity index (χ2v) is 5.30. The zero-order valence-electron chi connectivity index (χ0n) is 12.1. The van der Waals surface area contributed by atoms with E-state index < -0.39 is 4.92 Å². The molecule has 0 bridgehead atoms. The summed E-state index contributed by atoms with van der Waals surface area (Å²) in [4.78, 5) is 22.3. The Hall–Kier alpha value is -2.49. The minimum Gasteiger partial charge on any atom is -0.294 e. The van der Waals surface area contributed by atoms with E-state index in [0.29, 0.717) is 11.5 Å². The number of carbonyl (C=O) groups is 1. The lowest BCUT2D eigenvalue weighted by Gasteiger charge is -2.06. The summed E-state index contributed by atoms with van der Waals surface area (Å²) in [5.74, 6) is 0.447. The monoisotopic (exact) mass is 283 g/mol. The maximum Gasteiger partial charge on any atom is 0.269 e. The second-order valence-electron chi connectivity index (χ2n) is 5.30. The fraction of sp³-hybridized carbons (Fsp3) is 0.235. The van der Waals surface area contributed by atoms with Crippen molar-refractivity contribution in [2.75, 3.05) is 0 Å². The SMILES string of the molecule is CC(C)c1ccc(C(=O)Cc2ccc([N+](=O)[O-])cc2)cc1. The summed E-state index contributed by atoms with van der Waals surface area (Å²) in [6.45, 7) is 4.21. The van der Waals surface area contributed by atoms with Crippen LogP contribution < -0.4 is 0 Å². The van der Waals surface area contributed by atoms with E-state index in [1.54, 1.807) is 12.1 Å². The number of rotatable bonds is 5. The van der Waals surface area contributed by atoms with Crippen molar-refractivity contribution in [1.82, 2.24) is 0 Å². The topological polar surface area (TPSA) is 60.2 Å². The largest absolute Gasteiger partial charge is 0.294 e. The number of Topliss-reactive ketones (excluding diaryl/α,β-unsaturated/α-hetero) is 1. The molecule has 4 heteroatoms. The molecule has 0 amide bonds. The molecule has 0 heterocycles. The molecular weight excluding hydrogens is 266 g/mol. The van der Waals surface area contributed by atoms with Gasteiger partial charge >= 0.3 is 0 Å². The summed E-state index contributed by atoms with van der Waals surface area (Å²) < 4.78 is 0. The van der Waals surface area contributed by atoms with Crippen LogP contribution in [0.2, 0.25) is 0 Å². The Morgan fingerprint density at radius 3 is 2.10 bits per heavy atom. The van der Waals surface area contributed by atoms with Crippen LogP contribution in [-0.2, 0) is 6.42 Å². The fourth-order valence-electron chi connectivity index (χ4n) is 2.08. The smallest absolute Gasteiger partial charge is 0.269 e. The molecular formula is C17H17NO3. The average Bonchev–Trinajstić information content (AvgIpc) is 2.47. The fourth-order valence-corrected chi connectivity index (χ4v) is 2.08. The van der Waals surface area contributed by atoms with Gasteiger partial charge in [-0.1, -0.05) is 50.2 Å². The van der Waals surface area contributed by atoms with Crippen molar-refractivity contribution in [3.05, 3.63) is 75.3 Å². The molecule has 0 N–H and O–H groups in total. The molecule has 0 spiro atoms. The Bertz CT molecular complexity index is 643. The van der Waals surface area contributed by atoms with E-state index in [0.717, 1.165) is 5.56 Å². The highest BCUT2D eigenvalue weighted by molar-refractivity contribution is 5.97. The number of ketones is 1. The summed E-state index contributed by atoms with van der Waals surface area (Å²) in [5, 5.41) is 10.6. The normalized spacial score (nSPS) is 10.6. The molecule has 0 aliphatic rings. The Morgan fingerprint density at radius 1 is 1.05 bits per heavy atom. The van der Waals surface area contributed by atoms with Crippen LogP contribution in [0.4, 0.5) is 5.69 Å². The van der Waals surface area contributed by atoms with Gasteiger partial charge in [0.25, 0.3) is 5.69 Å². The van der Waals surface area contributed by atoms with E-state index in [1.165, 1.54) is 17.7 Å². The Morgan fingerprint density at radius 2 is 1.62 bits per heavy atom. The van der Waals surface area contributed by atoms with Crippen LogP contribution in [0, 0.1) is 10.1 Å². The van der Waals surface area contributed by atoms with Crippen molar-refractivity contribution in [3.63, 3.8) is 0 Å². The lowest BCUT2D eigenvalue weighted by molar-refractivity contribution is -0.384. The first-order valence-corrected chi connectivity index (χ1v) is 6.84. The van der Waals surface area contributed by atoms with E-state index in [-0.39, 0.29) is 17.9 Å². The number of carbonyl (C=O) groups excluding carboxylic acids is 1. The molecule has 108 valence electrons. The third-order valence-corrected chi connectivity index (χ3v) is 3.41. The van der Waals surface area contributed by atoms with Gasteiger partial charge in [-0.05, 0) is 17.0 Å². The summed E-state index contributed by atoms with van der Waals surface area (Å²) >= 11 is 0. The maximum absolute atomic E-state index is 12.2. The second kappa shape index (κ2) is 6.31. The van der Waals surface area contributed by atoms with Gasteiger partial charge in [-0.15, -0.1) is 0 Å². The van der Waals surface area contributed by atoms with Gasteiger partial charge in [-0.25, -0.2) is 0 Å². The molecule has 2 aromatic carbocycles. The van der Waals surface area contributed by atoms with Gasteiger partial charge in [0.2, 0.25) is 0 Å². The average molecular weight is 283 g/mol. The molecule has 2 rings (SSSR count). The Kier molecular flexibility index (Phi) is 4.48. The predicted molar refractivity (Wildman–Crippen MR) is 81.7 cm³/mol. The quantitative estimate of drug-likeness (QED) is 0.470. The van der Waals surface area contributed by atoms with Gasteiger partial charge in [0, 0.05) is 24.1 Å². The highest BCUT2D eigenvalue weighted by Gasteiger charge is 2.10. The Labute approximate surface area is 123 Å². The first-order chi connectivity index (χ1) is 9.97. The van der Waals surface area contributed by atoms with Crippen LogP contribution in [0.5, 0.6) is 0 Å². The Balaban J connectivity index is 2.08. The zero-order chi connectivity index (χ0) is 15.4. The molecule has 0 saturated heterocycles. The molecule has 0 aromatic heterocycles. The minimum absolute atomic E-state index is 0.0131. The molecule has 0 fully saturated rings. The zero-order valence-corrected chi connectivity index (χ0v) is 12.1. The highest BCUT2D eigenvalue weighted by atomic mass is 16.6. The van der Waals surface area contributed by atoms with E-state index >= 15 is 0 Å². The molecule has 0 aliphatic heterocycles. The summed E-state index contributed by atoms with van der Waals surface area (Å²) in [6.07, 6.45) is 0.249. The number of nitro benzene ring substituents is 1. The van der Waals surface area contributed by atoms with Crippen molar-refractivity contribution < 1.29 is 9.72 Å². The van der Waals surface area contributed by atoms with Crippen LogP contribution in [0.25, 0.3) is 0 Å². The lowest BCUT2D eigenvalue weighted by Crippen LogP contribution is -2.04. The first kappa shape index (κ1) is 14.9. The number of non-ortho nitro benzene ring substituents is 1. The number of nitrogens with zero attached hydrogens (tertiary/aromatic N) is 1. The summed E-state index contributed by atoms with van der Waals surface area (Å²) in [5.41, 5.74) is 2.67. The van der Waals surface area contributed by atoms with Gasteiger partial charge in [-0.2, -0.15) is 0 Å². The van der Waals surface area contributed by atoms with Crippen LogP contribution in [0.1, 0.15) is 41.3 Å². The van der Waals surface area contributed by atoms with Crippen molar-refractivity contribution in [2.45, 2.75) is 26.2 Å². The van der Waals surface area contributed by atoms with Gasteiger partial charge in [0.1, 0.15) is 0 Å². The molecule has 0 radical (unpaired) electrons. The predicted octanol–water partition coefficient (Wildman–Crippen LogP) is 4.14. The summed E-state index contributed by atoms with van der Waals surface area (Å²) in [7, 11) is 0. The van der Waals surface area contributed by atoms with Crippen LogP contribution >= 0.6 is 0 Å². The number of benzene rings is 2. The van der Waals surface area contributed by atoms with E-state index in [1.807, 2.05) is 24.3 Å². The highest BCUT2D eigenvalue weighted by Crippen LogP contribution is 2.17. The van der Waals surface area contributed by atoms with Crippen molar-refractivity contribution >= 4 is 11.5 Å². The molecule has 21 heavy (non-hydrogen) atoms. The van der Waals surface area contributed by atoms with Crippen molar-refractivity contribution in [3.8, 4) is 0 Å². The van der Waals surface area contributed by atoms with E-state index in [2.05, 4.69) is 13.8 Å². The molecule has 0 saturated carbocycles. The third kappa shape index (κ3) is 3.75. The third-order valence-electron chi connectivity index (χ3n) is 3.41. The van der Waals surface area contributed by atoms with E-state index in [4.69, 9.17) is 0 Å². The number of hydrogen-bond donors (Lipinski definition) is 0. The lowest BCUT2D eigenvalue weighted by atomic mass is 9.98. The minimum atomic E-state index is -0.448. The number of nitro groups is 1. The van der Waals surface area contributed by atoms with Gasteiger partial charge in [0.15, 0.2) is 5.78 Å². The van der Waals surface area contributed by atoms with E-state index in [9.17, 15) is 14.9 Å². The molecule has 0 unspecified atom stereocenters. The van der Waals surface area contributed by atoms with Crippen molar-refractivity contribution in [2.24, 2.45) is 0 Å². The maximum atomic E-state index is 12.2. The van der Waals surface area contributed by atoms with Crippen LogP contribution in [0.15, 0.2) is 48.5 Å². The first-order valence-electron chi connectivity index (χ1n) is 6.84. The van der Waals surface area contributed by atoms with Gasteiger partial charge in [0.05, 0.1) is 4.92 Å². The van der Waals surface area contributed by atoms with Gasteiger partial charge < -0.3 is 0 Å². The molecule has 0 atom stereocenters. The summed E-state index contributed by atoms with van der Waals surface area (Å²) in [6, 6.07) is 13.7. The molecule has 4 nitrogen and oxygen atoms in total. The number of hydrogen-bond acceptors (Lipinski definition) is 3. The standard InChI is InChI=1S/C17H17NO3/c1-12(2)14-5-7-15(8-6-14)17(19)11-13-3-9-16(10-4-13)18(20)21/h3-10,12H,11H2,1-2H3. The van der Waals surface area contributed by atoms with Gasteiger partial charge in [-0.3, -0.25) is 14.9 Å².